The Hall–Kier alpha value is -0.780. The third-order valence-corrected chi connectivity index (χ3v) is 3.64. The van der Waals surface area contributed by atoms with Crippen molar-refractivity contribution in [3.63, 3.8) is 0 Å². The molecular weight excluding hydrogens is 192 g/mol. The fraction of sp³-hybridized carbons (Fsp3) is 0.562. The summed E-state index contributed by atoms with van der Waals surface area (Å²) >= 11 is 0. The van der Waals surface area contributed by atoms with Crippen molar-refractivity contribution in [1.82, 2.24) is 0 Å². The first kappa shape index (κ1) is 11.7. The van der Waals surface area contributed by atoms with E-state index < -0.39 is 0 Å². The summed E-state index contributed by atoms with van der Waals surface area (Å²) in [6.45, 7) is 6.22. The molecule has 1 aromatic carbocycles. The van der Waals surface area contributed by atoms with Gasteiger partial charge in [0.15, 0.2) is 0 Å². The van der Waals surface area contributed by atoms with Gasteiger partial charge in [-0.25, -0.2) is 0 Å². The van der Waals surface area contributed by atoms with Gasteiger partial charge in [0.25, 0.3) is 0 Å². The van der Waals surface area contributed by atoms with E-state index in [9.17, 15) is 0 Å². The molecule has 0 spiro atoms. The average molecular weight is 215 g/mol. The Morgan fingerprint density at radius 2 is 1.75 bits per heavy atom. The fourth-order valence-electron chi connectivity index (χ4n) is 2.76. The molecule has 0 aliphatic heterocycles. The zero-order valence-electron chi connectivity index (χ0n) is 10.4. The standard InChI is InChI=1S/C16H23/c1-13(2)12-14-8-10-16(11-9-14)15-6-4-3-5-7-15/h8-11,13,15H,1,3-7,12H2,2H3. The van der Waals surface area contributed by atoms with Gasteiger partial charge in [-0.15, -0.1) is 0 Å². The van der Waals surface area contributed by atoms with Crippen molar-refractivity contribution in [2.45, 2.75) is 51.4 Å². The van der Waals surface area contributed by atoms with Gasteiger partial charge in [0, 0.05) is 0 Å². The summed E-state index contributed by atoms with van der Waals surface area (Å²) in [5, 5.41) is 0. The van der Waals surface area contributed by atoms with Crippen LogP contribution in [0.4, 0.5) is 0 Å². The third-order valence-electron chi connectivity index (χ3n) is 3.64. The van der Waals surface area contributed by atoms with E-state index >= 15 is 0 Å². The van der Waals surface area contributed by atoms with E-state index in [0.717, 1.165) is 12.3 Å². The Bertz CT molecular complexity index is 301. The van der Waals surface area contributed by atoms with E-state index in [1.165, 1.54) is 37.7 Å². The minimum Gasteiger partial charge on any atom is -0.0622 e. The van der Waals surface area contributed by atoms with E-state index in [0.29, 0.717) is 5.92 Å². The summed E-state index contributed by atoms with van der Waals surface area (Å²) in [5.41, 5.74) is 2.99. The van der Waals surface area contributed by atoms with Crippen molar-refractivity contribution >= 4 is 0 Å². The Balaban J connectivity index is 2.00. The van der Waals surface area contributed by atoms with Gasteiger partial charge < -0.3 is 0 Å². The van der Waals surface area contributed by atoms with Crippen molar-refractivity contribution in [3.8, 4) is 0 Å². The first-order valence-electron chi connectivity index (χ1n) is 6.67. The quantitative estimate of drug-likeness (QED) is 0.682. The van der Waals surface area contributed by atoms with E-state index in [-0.39, 0.29) is 0 Å². The topological polar surface area (TPSA) is 0 Å². The molecule has 1 saturated carbocycles. The first-order valence-corrected chi connectivity index (χ1v) is 6.67. The largest absolute Gasteiger partial charge is 0.0622 e. The predicted octanol–water partition coefficient (Wildman–Crippen LogP) is 4.75. The first-order chi connectivity index (χ1) is 7.75. The molecule has 1 aliphatic carbocycles. The van der Waals surface area contributed by atoms with Crippen molar-refractivity contribution < 1.29 is 0 Å². The van der Waals surface area contributed by atoms with Crippen LogP contribution in [0.15, 0.2) is 24.3 Å². The van der Waals surface area contributed by atoms with Crippen LogP contribution in [0.3, 0.4) is 0 Å². The molecule has 1 fully saturated rings. The molecule has 1 atom stereocenters. The lowest BCUT2D eigenvalue weighted by molar-refractivity contribution is 0.443. The number of hydrogen-bond donors (Lipinski definition) is 0. The van der Waals surface area contributed by atoms with Crippen LogP contribution in [0.1, 0.15) is 56.1 Å². The smallest absolute Gasteiger partial charge is 0.0162 e. The summed E-state index contributed by atoms with van der Waals surface area (Å²) in [4.78, 5) is 0. The van der Waals surface area contributed by atoms with Crippen molar-refractivity contribution in [2.75, 3.05) is 0 Å². The van der Waals surface area contributed by atoms with Gasteiger partial charge in [0.05, 0.1) is 0 Å². The Morgan fingerprint density at radius 3 is 2.31 bits per heavy atom. The lowest BCUT2D eigenvalue weighted by Crippen LogP contribution is -2.04. The molecule has 16 heavy (non-hydrogen) atoms. The van der Waals surface area contributed by atoms with E-state index in [1.807, 2.05) is 0 Å². The monoisotopic (exact) mass is 215 g/mol. The second-order valence-electron chi connectivity index (χ2n) is 5.39. The molecule has 87 valence electrons. The normalized spacial score (nSPS) is 17.9. The number of hydrogen-bond acceptors (Lipinski definition) is 0. The van der Waals surface area contributed by atoms with Crippen LogP contribution in [0, 0.1) is 12.8 Å². The van der Waals surface area contributed by atoms with E-state index in [2.05, 4.69) is 38.1 Å². The van der Waals surface area contributed by atoms with Crippen LogP contribution in [-0.4, -0.2) is 0 Å². The summed E-state index contributed by atoms with van der Waals surface area (Å²) in [5.74, 6) is 1.35. The second-order valence-corrected chi connectivity index (χ2v) is 5.39. The molecule has 0 amide bonds. The zero-order valence-corrected chi connectivity index (χ0v) is 10.4. The van der Waals surface area contributed by atoms with Crippen molar-refractivity contribution in [1.29, 1.82) is 0 Å². The molecular formula is C16H23. The molecule has 0 N–H and O–H groups in total. The summed E-state index contributed by atoms with van der Waals surface area (Å²) in [6.07, 6.45) is 8.17. The molecule has 0 nitrogen and oxygen atoms in total. The highest BCUT2D eigenvalue weighted by molar-refractivity contribution is 5.26. The van der Waals surface area contributed by atoms with Gasteiger partial charge >= 0.3 is 0 Å². The molecule has 1 aliphatic rings. The molecule has 0 heteroatoms. The second kappa shape index (κ2) is 5.52. The van der Waals surface area contributed by atoms with Crippen LogP contribution < -0.4 is 0 Å². The summed E-state index contributed by atoms with van der Waals surface area (Å²) in [7, 11) is 0. The molecule has 0 saturated heterocycles. The molecule has 0 aromatic heterocycles. The maximum absolute atomic E-state index is 4.05. The van der Waals surface area contributed by atoms with Crippen molar-refractivity contribution in [3.05, 3.63) is 42.3 Å². The van der Waals surface area contributed by atoms with Gasteiger partial charge in [-0.2, -0.15) is 0 Å². The van der Waals surface area contributed by atoms with E-state index in [1.54, 1.807) is 5.56 Å². The zero-order chi connectivity index (χ0) is 11.4. The Labute approximate surface area is 100 Å². The summed E-state index contributed by atoms with van der Waals surface area (Å²) in [6, 6.07) is 9.28. The molecule has 1 unspecified atom stereocenters. The molecule has 0 bridgehead atoms. The minimum absolute atomic E-state index is 0.514. The van der Waals surface area contributed by atoms with Crippen LogP contribution in [0.25, 0.3) is 0 Å². The highest BCUT2D eigenvalue weighted by Crippen LogP contribution is 2.32. The van der Waals surface area contributed by atoms with Crippen LogP contribution in [0.2, 0.25) is 0 Å². The predicted molar refractivity (Wildman–Crippen MR) is 70.5 cm³/mol. The minimum atomic E-state index is 0.514. The molecule has 2 rings (SSSR count). The SMILES string of the molecule is [CH2]C(C)Cc1ccc(C2CCCCC2)cc1. The van der Waals surface area contributed by atoms with Gasteiger partial charge in [0.1, 0.15) is 0 Å². The van der Waals surface area contributed by atoms with E-state index in [4.69, 9.17) is 0 Å². The fourth-order valence-corrected chi connectivity index (χ4v) is 2.76. The Kier molecular flexibility index (Phi) is 4.04. The van der Waals surface area contributed by atoms with Crippen LogP contribution in [-0.2, 0) is 6.42 Å². The van der Waals surface area contributed by atoms with Crippen molar-refractivity contribution in [2.24, 2.45) is 5.92 Å². The highest BCUT2D eigenvalue weighted by atomic mass is 14.2. The third kappa shape index (κ3) is 3.10. The number of rotatable bonds is 3. The maximum Gasteiger partial charge on any atom is -0.0162 e. The number of benzene rings is 1. The van der Waals surface area contributed by atoms with Gasteiger partial charge in [-0.1, -0.05) is 57.4 Å². The van der Waals surface area contributed by atoms with Crippen LogP contribution >= 0.6 is 0 Å². The highest BCUT2D eigenvalue weighted by Gasteiger charge is 2.14. The average Bonchev–Trinajstić information content (AvgIpc) is 2.30. The van der Waals surface area contributed by atoms with Gasteiger partial charge in [-0.05, 0) is 42.2 Å². The summed E-state index contributed by atoms with van der Waals surface area (Å²) < 4.78 is 0. The maximum atomic E-state index is 4.05. The lowest BCUT2D eigenvalue weighted by Gasteiger charge is -2.22. The van der Waals surface area contributed by atoms with Crippen LogP contribution in [0.5, 0.6) is 0 Å². The Morgan fingerprint density at radius 1 is 1.12 bits per heavy atom. The molecule has 1 radical (unpaired) electrons. The van der Waals surface area contributed by atoms with Gasteiger partial charge in [-0.3, -0.25) is 0 Å². The molecule has 0 heterocycles. The lowest BCUT2D eigenvalue weighted by atomic mass is 9.84. The molecule has 1 aromatic rings. The van der Waals surface area contributed by atoms with Gasteiger partial charge in [0.2, 0.25) is 0 Å².